The SMILES string of the molecule is Cc1ccc(CCNC(=O)c2ccnc3nc(C4CC4)[nH]c23)cc1. The fourth-order valence-corrected chi connectivity index (χ4v) is 2.84. The first kappa shape index (κ1) is 14.9. The molecule has 1 amide bonds. The zero-order chi connectivity index (χ0) is 16.5. The number of hydrogen-bond acceptors (Lipinski definition) is 3. The quantitative estimate of drug-likeness (QED) is 0.759. The van der Waals surface area contributed by atoms with Crippen LogP contribution < -0.4 is 5.32 Å². The van der Waals surface area contributed by atoms with Crippen molar-refractivity contribution < 1.29 is 4.79 Å². The Bertz CT molecular complexity index is 878. The number of nitrogens with one attached hydrogen (secondary N) is 2. The van der Waals surface area contributed by atoms with Gasteiger partial charge in [0.15, 0.2) is 5.65 Å². The van der Waals surface area contributed by atoms with Crippen molar-refractivity contribution in [2.75, 3.05) is 6.54 Å². The number of hydrogen-bond donors (Lipinski definition) is 2. The number of benzene rings is 1. The van der Waals surface area contributed by atoms with Crippen LogP contribution in [0.15, 0.2) is 36.5 Å². The van der Waals surface area contributed by atoms with E-state index in [0.717, 1.165) is 30.6 Å². The van der Waals surface area contributed by atoms with Crippen molar-refractivity contribution in [1.29, 1.82) is 0 Å². The molecule has 0 atom stereocenters. The van der Waals surface area contributed by atoms with Gasteiger partial charge in [0.2, 0.25) is 0 Å². The van der Waals surface area contributed by atoms with Crippen LogP contribution in [0.1, 0.15) is 46.1 Å². The largest absolute Gasteiger partial charge is 0.352 e. The van der Waals surface area contributed by atoms with Gasteiger partial charge in [0.1, 0.15) is 5.82 Å². The molecule has 5 heteroatoms. The summed E-state index contributed by atoms with van der Waals surface area (Å²) in [6.45, 7) is 2.68. The van der Waals surface area contributed by atoms with Crippen LogP contribution in [0.3, 0.4) is 0 Å². The summed E-state index contributed by atoms with van der Waals surface area (Å²) in [6.07, 6.45) is 4.79. The number of carbonyl (C=O) groups excluding carboxylic acids is 1. The van der Waals surface area contributed by atoms with Crippen molar-refractivity contribution in [2.24, 2.45) is 0 Å². The maximum absolute atomic E-state index is 12.5. The Kier molecular flexibility index (Phi) is 3.76. The summed E-state index contributed by atoms with van der Waals surface area (Å²) in [7, 11) is 0. The zero-order valence-electron chi connectivity index (χ0n) is 13.7. The second-order valence-corrected chi connectivity index (χ2v) is 6.44. The van der Waals surface area contributed by atoms with Crippen LogP contribution >= 0.6 is 0 Å². The van der Waals surface area contributed by atoms with Crippen LogP contribution in [0.2, 0.25) is 0 Å². The highest BCUT2D eigenvalue weighted by molar-refractivity contribution is 6.04. The molecule has 2 N–H and O–H groups in total. The number of nitrogens with zero attached hydrogens (tertiary/aromatic N) is 2. The third-order valence-electron chi connectivity index (χ3n) is 4.44. The molecule has 0 radical (unpaired) electrons. The molecule has 2 heterocycles. The first-order valence-corrected chi connectivity index (χ1v) is 8.39. The summed E-state index contributed by atoms with van der Waals surface area (Å²) in [5.74, 6) is 1.38. The molecule has 5 nitrogen and oxygen atoms in total. The Balaban J connectivity index is 1.45. The molecule has 24 heavy (non-hydrogen) atoms. The lowest BCUT2D eigenvalue weighted by Gasteiger charge is -2.06. The maximum atomic E-state index is 12.5. The predicted octanol–water partition coefficient (Wildman–Crippen LogP) is 3.12. The summed E-state index contributed by atoms with van der Waals surface area (Å²) < 4.78 is 0. The van der Waals surface area contributed by atoms with Crippen LogP contribution in [-0.2, 0) is 6.42 Å². The van der Waals surface area contributed by atoms with E-state index in [1.807, 2.05) is 0 Å². The van der Waals surface area contributed by atoms with E-state index in [1.165, 1.54) is 11.1 Å². The Hall–Kier alpha value is -2.69. The van der Waals surface area contributed by atoms with Gasteiger partial charge in [-0.25, -0.2) is 9.97 Å². The number of amides is 1. The minimum atomic E-state index is -0.0829. The topological polar surface area (TPSA) is 70.7 Å². The molecule has 2 aromatic heterocycles. The highest BCUT2D eigenvalue weighted by Crippen LogP contribution is 2.39. The second kappa shape index (κ2) is 6.07. The molecular formula is C19H20N4O. The number of aromatic nitrogens is 3. The molecule has 0 aliphatic heterocycles. The predicted molar refractivity (Wildman–Crippen MR) is 93.1 cm³/mol. The van der Waals surface area contributed by atoms with Crippen molar-refractivity contribution >= 4 is 17.1 Å². The number of aryl methyl sites for hydroxylation is 1. The Morgan fingerprint density at radius 2 is 2.04 bits per heavy atom. The lowest BCUT2D eigenvalue weighted by molar-refractivity contribution is 0.0955. The van der Waals surface area contributed by atoms with Gasteiger partial charge in [0.25, 0.3) is 5.91 Å². The fraction of sp³-hybridized carbons (Fsp3) is 0.316. The van der Waals surface area contributed by atoms with Crippen LogP contribution in [0.5, 0.6) is 0 Å². The summed E-state index contributed by atoms with van der Waals surface area (Å²) >= 11 is 0. The summed E-state index contributed by atoms with van der Waals surface area (Å²) in [4.78, 5) is 24.6. The van der Waals surface area contributed by atoms with Gasteiger partial charge in [-0.3, -0.25) is 4.79 Å². The first-order chi connectivity index (χ1) is 11.7. The van der Waals surface area contributed by atoms with Crippen molar-refractivity contribution in [1.82, 2.24) is 20.3 Å². The molecular weight excluding hydrogens is 300 g/mol. The lowest BCUT2D eigenvalue weighted by atomic mass is 10.1. The molecule has 0 spiro atoms. The fourth-order valence-electron chi connectivity index (χ4n) is 2.84. The maximum Gasteiger partial charge on any atom is 0.253 e. The molecule has 122 valence electrons. The molecule has 4 rings (SSSR count). The molecule has 0 bridgehead atoms. The monoisotopic (exact) mass is 320 g/mol. The number of fused-ring (bicyclic) bond motifs is 1. The lowest BCUT2D eigenvalue weighted by Crippen LogP contribution is -2.26. The van der Waals surface area contributed by atoms with Crippen molar-refractivity contribution in [3.8, 4) is 0 Å². The number of carbonyl (C=O) groups is 1. The first-order valence-electron chi connectivity index (χ1n) is 8.39. The molecule has 1 saturated carbocycles. The average Bonchev–Trinajstić information content (AvgIpc) is 3.35. The molecule has 3 aromatic rings. The highest BCUT2D eigenvalue weighted by Gasteiger charge is 2.27. The van der Waals surface area contributed by atoms with E-state index in [9.17, 15) is 4.79 Å². The minimum absolute atomic E-state index is 0.0829. The third kappa shape index (κ3) is 3.02. The smallest absolute Gasteiger partial charge is 0.253 e. The number of imidazole rings is 1. The highest BCUT2D eigenvalue weighted by atomic mass is 16.1. The van der Waals surface area contributed by atoms with E-state index in [0.29, 0.717) is 23.7 Å². The van der Waals surface area contributed by atoms with Crippen LogP contribution in [0.25, 0.3) is 11.2 Å². The van der Waals surface area contributed by atoms with E-state index in [1.54, 1.807) is 12.3 Å². The number of rotatable bonds is 5. The Labute approximate surface area is 140 Å². The van der Waals surface area contributed by atoms with Gasteiger partial charge in [0, 0.05) is 18.7 Å². The van der Waals surface area contributed by atoms with Gasteiger partial charge in [-0.2, -0.15) is 0 Å². The van der Waals surface area contributed by atoms with Crippen LogP contribution in [0.4, 0.5) is 0 Å². The summed E-state index contributed by atoms with van der Waals surface area (Å²) in [5, 5.41) is 2.99. The van der Waals surface area contributed by atoms with E-state index >= 15 is 0 Å². The van der Waals surface area contributed by atoms with E-state index in [-0.39, 0.29) is 5.91 Å². The van der Waals surface area contributed by atoms with Gasteiger partial charge in [-0.15, -0.1) is 0 Å². The zero-order valence-corrected chi connectivity index (χ0v) is 13.7. The number of aromatic amines is 1. The number of H-pyrrole nitrogens is 1. The third-order valence-corrected chi connectivity index (χ3v) is 4.44. The normalized spacial score (nSPS) is 14.0. The summed E-state index contributed by atoms with van der Waals surface area (Å²) in [6, 6.07) is 10.1. The van der Waals surface area contributed by atoms with Crippen molar-refractivity contribution in [2.45, 2.75) is 32.1 Å². The number of pyridine rings is 1. The van der Waals surface area contributed by atoms with Gasteiger partial charge >= 0.3 is 0 Å². The molecule has 1 aromatic carbocycles. The molecule has 1 fully saturated rings. The van der Waals surface area contributed by atoms with Gasteiger partial charge in [0.05, 0.1) is 11.1 Å². The Morgan fingerprint density at radius 1 is 1.25 bits per heavy atom. The van der Waals surface area contributed by atoms with Gasteiger partial charge in [-0.1, -0.05) is 29.8 Å². The van der Waals surface area contributed by atoms with E-state index in [4.69, 9.17) is 0 Å². The van der Waals surface area contributed by atoms with E-state index in [2.05, 4.69) is 51.5 Å². The second-order valence-electron chi connectivity index (χ2n) is 6.44. The van der Waals surface area contributed by atoms with Crippen molar-refractivity contribution in [3.05, 3.63) is 59.0 Å². The molecule has 0 unspecified atom stereocenters. The van der Waals surface area contributed by atoms with Gasteiger partial charge < -0.3 is 10.3 Å². The molecule has 1 aliphatic rings. The van der Waals surface area contributed by atoms with Crippen molar-refractivity contribution in [3.63, 3.8) is 0 Å². The minimum Gasteiger partial charge on any atom is -0.352 e. The summed E-state index contributed by atoms with van der Waals surface area (Å²) in [5.41, 5.74) is 4.45. The van der Waals surface area contributed by atoms with E-state index < -0.39 is 0 Å². The van der Waals surface area contributed by atoms with Crippen LogP contribution in [-0.4, -0.2) is 27.4 Å². The average molecular weight is 320 g/mol. The standard InChI is InChI=1S/C19H20N4O/c1-12-2-4-13(5-3-12)8-10-21-19(24)15-9-11-20-18-16(15)22-17(23-18)14-6-7-14/h2-5,9,11,14H,6-8,10H2,1H3,(H,21,24)(H,20,22,23). The molecule has 1 aliphatic carbocycles. The molecule has 0 saturated heterocycles. The van der Waals surface area contributed by atoms with Gasteiger partial charge in [-0.05, 0) is 37.8 Å². The van der Waals surface area contributed by atoms with Crippen LogP contribution in [0, 0.1) is 6.92 Å². The Morgan fingerprint density at radius 3 is 2.79 bits per heavy atom.